The molecule has 4 heteroatoms. The number of halogens is 1. The first-order chi connectivity index (χ1) is 7.15. The number of carbonyl (C=O) groups excluding carboxylic acids is 1. The third-order valence-corrected chi connectivity index (χ3v) is 3.50. The lowest BCUT2D eigenvalue weighted by molar-refractivity contribution is 0.0596. The smallest absolute Gasteiger partial charge is 0.342 e. The van der Waals surface area contributed by atoms with Crippen LogP contribution in [0.2, 0.25) is 0 Å². The fourth-order valence-electron chi connectivity index (χ4n) is 1.75. The van der Waals surface area contributed by atoms with Gasteiger partial charge >= 0.3 is 5.97 Å². The van der Waals surface area contributed by atoms with Crippen LogP contribution in [0, 0.1) is 6.92 Å². The maximum absolute atomic E-state index is 11.6. The zero-order valence-electron chi connectivity index (χ0n) is 8.59. The van der Waals surface area contributed by atoms with E-state index in [1.807, 2.05) is 13.0 Å². The molecule has 0 spiro atoms. The van der Waals surface area contributed by atoms with Gasteiger partial charge in [0.2, 0.25) is 0 Å². The molecule has 0 saturated carbocycles. The lowest BCUT2D eigenvalue weighted by atomic mass is 10.0. The minimum absolute atomic E-state index is 0.358. The molecule has 0 fully saturated rings. The van der Waals surface area contributed by atoms with Crippen LogP contribution in [-0.4, -0.2) is 19.7 Å². The molecule has 3 nitrogen and oxygen atoms in total. The van der Waals surface area contributed by atoms with Gasteiger partial charge in [-0.2, -0.15) is 0 Å². The monoisotopic (exact) mass is 270 g/mol. The average Bonchev–Trinajstić information content (AvgIpc) is 2.66. The Labute approximate surface area is 96.5 Å². The van der Waals surface area contributed by atoms with Crippen molar-refractivity contribution in [2.45, 2.75) is 13.3 Å². The molecule has 0 amide bonds. The Morgan fingerprint density at radius 1 is 1.60 bits per heavy atom. The van der Waals surface area contributed by atoms with Gasteiger partial charge in [-0.05, 0) is 34.0 Å². The fraction of sp³-hybridized carbons (Fsp3) is 0.364. The zero-order valence-corrected chi connectivity index (χ0v) is 10.2. The lowest BCUT2D eigenvalue weighted by Crippen LogP contribution is -2.06. The van der Waals surface area contributed by atoms with E-state index in [-0.39, 0.29) is 5.97 Å². The van der Waals surface area contributed by atoms with Gasteiger partial charge in [0.25, 0.3) is 0 Å². The highest BCUT2D eigenvalue weighted by molar-refractivity contribution is 9.10. The van der Waals surface area contributed by atoms with Crippen LogP contribution in [0.25, 0.3) is 0 Å². The van der Waals surface area contributed by atoms with Gasteiger partial charge in [-0.3, -0.25) is 0 Å². The molecule has 0 bridgehead atoms. The molecule has 2 rings (SSSR count). The first-order valence-electron chi connectivity index (χ1n) is 4.68. The van der Waals surface area contributed by atoms with Crippen LogP contribution in [0.1, 0.15) is 21.5 Å². The van der Waals surface area contributed by atoms with E-state index in [1.165, 1.54) is 7.11 Å². The number of ether oxygens (including phenoxy) is 2. The van der Waals surface area contributed by atoms with Gasteiger partial charge in [0, 0.05) is 10.9 Å². The Morgan fingerprint density at radius 3 is 3.00 bits per heavy atom. The molecule has 1 aliphatic rings. The minimum Gasteiger partial charge on any atom is -0.492 e. The number of hydrogen-bond acceptors (Lipinski definition) is 3. The van der Waals surface area contributed by atoms with E-state index in [9.17, 15) is 4.79 Å². The van der Waals surface area contributed by atoms with Crippen molar-refractivity contribution < 1.29 is 14.3 Å². The molecule has 0 atom stereocenters. The molecular formula is C11H11BrO3. The van der Waals surface area contributed by atoms with Crippen LogP contribution in [0.5, 0.6) is 5.75 Å². The predicted octanol–water partition coefficient (Wildman–Crippen LogP) is 2.48. The van der Waals surface area contributed by atoms with Crippen LogP contribution in [0.4, 0.5) is 0 Å². The molecule has 80 valence electrons. The zero-order chi connectivity index (χ0) is 11.0. The molecule has 15 heavy (non-hydrogen) atoms. The maximum Gasteiger partial charge on any atom is 0.342 e. The lowest BCUT2D eigenvalue weighted by Gasteiger charge is -2.10. The molecule has 1 aromatic rings. The molecule has 0 radical (unpaired) electrons. The summed E-state index contributed by atoms with van der Waals surface area (Å²) in [5.41, 5.74) is 2.61. The summed E-state index contributed by atoms with van der Waals surface area (Å²) in [5, 5.41) is 0. The van der Waals surface area contributed by atoms with Gasteiger partial charge in [-0.15, -0.1) is 0 Å². The standard InChI is InChI=1S/C11H11BrO3/c1-6-5-7-3-4-15-10(7)8(9(6)12)11(13)14-2/h5H,3-4H2,1-2H3. The molecule has 0 aromatic heterocycles. The van der Waals surface area contributed by atoms with E-state index >= 15 is 0 Å². The number of rotatable bonds is 1. The van der Waals surface area contributed by atoms with Crippen molar-refractivity contribution in [3.05, 3.63) is 27.2 Å². The molecule has 1 aliphatic heterocycles. The number of fused-ring (bicyclic) bond motifs is 1. The SMILES string of the molecule is COC(=O)c1c(Br)c(C)cc2c1OCC2. The van der Waals surface area contributed by atoms with Crippen LogP contribution >= 0.6 is 15.9 Å². The van der Waals surface area contributed by atoms with Crippen molar-refractivity contribution in [2.75, 3.05) is 13.7 Å². The highest BCUT2D eigenvalue weighted by Gasteiger charge is 2.25. The Morgan fingerprint density at radius 2 is 2.33 bits per heavy atom. The highest BCUT2D eigenvalue weighted by atomic mass is 79.9. The van der Waals surface area contributed by atoms with Crippen LogP contribution in [0.3, 0.4) is 0 Å². The summed E-state index contributed by atoms with van der Waals surface area (Å²) in [6.45, 7) is 2.59. The van der Waals surface area contributed by atoms with Gasteiger partial charge < -0.3 is 9.47 Å². The van der Waals surface area contributed by atoms with E-state index in [4.69, 9.17) is 9.47 Å². The second-order valence-corrected chi connectivity index (χ2v) is 4.25. The third-order valence-electron chi connectivity index (χ3n) is 2.48. The fourth-order valence-corrected chi connectivity index (χ4v) is 2.20. The van der Waals surface area contributed by atoms with Gasteiger partial charge in [0.05, 0.1) is 13.7 Å². The molecule has 0 unspecified atom stereocenters. The summed E-state index contributed by atoms with van der Waals surface area (Å²) >= 11 is 3.39. The number of carbonyl (C=O) groups is 1. The first-order valence-corrected chi connectivity index (χ1v) is 5.47. The quantitative estimate of drug-likeness (QED) is 0.736. The summed E-state index contributed by atoms with van der Waals surface area (Å²) in [5.74, 6) is 0.308. The van der Waals surface area contributed by atoms with Crippen molar-refractivity contribution in [1.29, 1.82) is 0 Å². The largest absolute Gasteiger partial charge is 0.492 e. The summed E-state index contributed by atoms with van der Waals surface area (Å²) in [6, 6.07) is 2.04. The third kappa shape index (κ3) is 1.63. The second-order valence-electron chi connectivity index (χ2n) is 3.46. The van der Waals surface area contributed by atoms with Crippen molar-refractivity contribution in [3.63, 3.8) is 0 Å². The highest BCUT2D eigenvalue weighted by Crippen LogP contribution is 2.37. The maximum atomic E-state index is 11.6. The number of methoxy groups -OCH3 is 1. The number of esters is 1. The van der Waals surface area contributed by atoms with Gasteiger partial charge in [-0.1, -0.05) is 6.07 Å². The van der Waals surface area contributed by atoms with Gasteiger partial charge in [-0.25, -0.2) is 4.79 Å². The van der Waals surface area contributed by atoms with Crippen molar-refractivity contribution >= 4 is 21.9 Å². The van der Waals surface area contributed by atoms with Crippen LogP contribution in [0.15, 0.2) is 10.5 Å². The molecular weight excluding hydrogens is 260 g/mol. The Kier molecular flexibility index (Phi) is 2.69. The normalized spacial score (nSPS) is 13.3. The summed E-state index contributed by atoms with van der Waals surface area (Å²) < 4.78 is 11.0. The summed E-state index contributed by atoms with van der Waals surface area (Å²) in [7, 11) is 1.37. The number of hydrogen-bond donors (Lipinski definition) is 0. The average molecular weight is 271 g/mol. The number of benzene rings is 1. The van der Waals surface area contributed by atoms with E-state index in [2.05, 4.69) is 15.9 Å². The van der Waals surface area contributed by atoms with Gasteiger partial charge in [0.15, 0.2) is 0 Å². The Hall–Kier alpha value is -1.03. The minimum atomic E-state index is -0.358. The first kappa shape index (κ1) is 10.5. The topological polar surface area (TPSA) is 35.5 Å². The van der Waals surface area contributed by atoms with Crippen LogP contribution < -0.4 is 4.74 Å². The van der Waals surface area contributed by atoms with Crippen molar-refractivity contribution in [3.8, 4) is 5.75 Å². The molecule has 0 saturated heterocycles. The van der Waals surface area contributed by atoms with Crippen molar-refractivity contribution in [2.24, 2.45) is 0 Å². The Bertz CT molecular complexity index is 426. The molecule has 1 aromatic carbocycles. The number of aryl methyl sites for hydroxylation is 1. The second kappa shape index (κ2) is 3.85. The van der Waals surface area contributed by atoms with Crippen molar-refractivity contribution in [1.82, 2.24) is 0 Å². The molecule has 0 N–H and O–H groups in total. The molecule has 0 aliphatic carbocycles. The van der Waals surface area contributed by atoms with E-state index in [0.29, 0.717) is 17.9 Å². The van der Waals surface area contributed by atoms with E-state index in [0.717, 1.165) is 22.0 Å². The Balaban J connectivity index is 2.65. The van der Waals surface area contributed by atoms with E-state index < -0.39 is 0 Å². The predicted molar refractivity (Wildman–Crippen MR) is 59.4 cm³/mol. The van der Waals surface area contributed by atoms with E-state index in [1.54, 1.807) is 0 Å². The molecule has 1 heterocycles. The van der Waals surface area contributed by atoms with Gasteiger partial charge in [0.1, 0.15) is 11.3 Å². The summed E-state index contributed by atoms with van der Waals surface area (Å²) in [6.07, 6.45) is 0.855. The summed E-state index contributed by atoms with van der Waals surface area (Å²) in [4.78, 5) is 11.6. The van der Waals surface area contributed by atoms with Crippen LogP contribution in [-0.2, 0) is 11.2 Å².